The average Bonchev–Trinajstić information content (AvgIpc) is 3.47. The zero-order chi connectivity index (χ0) is 17.4. The summed E-state index contributed by atoms with van der Waals surface area (Å²) in [5.74, 6) is 2.35. The van der Waals surface area contributed by atoms with Gasteiger partial charge in [-0.1, -0.05) is 12.2 Å². The zero-order valence-corrected chi connectivity index (χ0v) is 14.8. The first kappa shape index (κ1) is 16.2. The van der Waals surface area contributed by atoms with Gasteiger partial charge < -0.3 is 9.47 Å². The van der Waals surface area contributed by atoms with Crippen molar-refractivity contribution in [2.24, 2.45) is 22.9 Å². The number of hydrazone groups is 1. The van der Waals surface area contributed by atoms with E-state index in [0.29, 0.717) is 17.4 Å². The van der Waals surface area contributed by atoms with Gasteiger partial charge in [-0.25, -0.2) is 5.01 Å². The third kappa shape index (κ3) is 3.03. The van der Waals surface area contributed by atoms with Crippen LogP contribution in [0.5, 0.6) is 11.5 Å². The van der Waals surface area contributed by atoms with E-state index in [1.165, 1.54) is 12.8 Å². The second-order valence-corrected chi connectivity index (χ2v) is 7.07. The number of benzene rings is 1. The fraction of sp³-hybridized carbons (Fsp3) is 0.500. The van der Waals surface area contributed by atoms with Gasteiger partial charge in [-0.15, -0.1) is 0 Å². The number of hydrogen-bond donors (Lipinski definition) is 0. The standard InChI is InChI=1S/C20H24N2O3/c1-24-17-10-9-14(11-18(17)25-2)19-15-5-3-4-6-16(15)20(23)22(21-19)12-13-7-8-13/h3-4,9-11,13,15-16H,5-8,12H2,1-2H3/t15-,16+/m0/s1. The third-order valence-corrected chi connectivity index (χ3v) is 5.39. The normalized spacial score (nSPS) is 25.4. The average molecular weight is 340 g/mol. The van der Waals surface area contributed by atoms with Crippen LogP contribution in [0.4, 0.5) is 0 Å². The van der Waals surface area contributed by atoms with Crippen molar-refractivity contribution in [3.8, 4) is 11.5 Å². The predicted molar refractivity (Wildman–Crippen MR) is 95.9 cm³/mol. The summed E-state index contributed by atoms with van der Waals surface area (Å²) in [6.45, 7) is 0.753. The van der Waals surface area contributed by atoms with Crippen molar-refractivity contribution < 1.29 is 14.3 Å². The fourth-order valence-corrected chi connectivity index (χ4v) is 3.78. The molecular weight excluding hydrogens is 316 g/mol. The molecule has 3 aliphatic rings. The summed E-state index contributed by atoms with van der Waals surface area (Å²) in [6.07, 6.45) is 8.38. The summed E-state index contributed by atoms with van der Waals surface area (Å²) < 4.78 is 10.8. The topological polar surface area (TPSA) is 51.1 Å². The van der Waals surface area contributed by atoms with Crippen molar-refractivity contribution >= 4 is 11.6 Å². The van der Waals surface area contributed by atoms with Gasteiger partial charge in [0.05, 0.1) is 25.8 Å². The molecular formula is C20H24N2O3. The number of nitrogens with zero attached hydrogens (tertiary/aromatic N) is 2. The molecule has 1 saturated carbocycles. The summed E-state index contributed by atoms with van der Waals surface area (Å²) >= 11 is 0. The maximum atomic E-state index is 12.9. The minimum Gasteiger partial charge on any atom is -0.493 e. The molecule has 1 amide bonds. The Morgan fingerprint density at radius 2 is 1.80 bits per heavy atom. The maximum Gasteiger partial charge on any atom is 0.246 e. The van der Waals surface area contributed by atoms with Crippen LogP contribution >= 0.6 is 0 Å². The van der Waals surface area contributed by atoms with Crippen molar-refractivity contribution in [3.05, 3.63) is 35.9 Å². The van der Waals surface area contributed by atoms with Crippen molar-refractivity contribution in [3.63, 3.8) is 0 Å². The maximum absolute atomic E-state index is 12.9. The lowest BCUT2D eigenvalue weighted by Crippen LogP contribution is -2.46. The van der Waals surface area contributed by atoms with Crippen molar-refractivity contribution in [2.75, 3.05) is 20.8 Å². The Balaban J connectivity index is 1.73. The van der Waals surface area contributed by atoms with Gasteiger partial charge in [-0.3, -0.25) is 4.79 Å². The quantitative estimate of drug-likeness (QED) is 0.773. The molecule has 5 nitrogen and oxygen atoms in total. The van der Waals surface area contributed by atoms with Crippen molar-refractivity contribution in [1.29, 1.82) is 0 Å². The Kier molecular flexibility index (Phi) is 4.24. The van der Waals surface area contributed by atoms with Gasteiger partial charge in [0.25, 0.3) is 0 Å². The first-order valence-electron chi connectivity index (χ1n) is 8.98. The van der Waals surface area contributed by atoms with E-state index in [9.17, 15) is 4.79 Å². The first-order valence-corrected chi connectivity index (χ1v) is 8.98. The molecule has 0 aromatic heterocycles. The number of carbonyl (C=O) groups excluding carboxylic acids is 1. The second kappa shape index (κ2) is 6.54. The number of allylic oxidation sites excluding steroid dienone is 2. The largest absolute Gasteiger partial charge is 0.493 e. The minimum atomic E-state index is 0.00402. The SMILES string of the molecule is COc1ccc(C2=NN(CC3CC3)C(=O)[C@@H]3CC=CC[C@H]23)cc1OC. The van der Waals surface area contributed by atoms with E-state index in [4.69, 9.17) is 14.6 Å². The Hall–Kier alpha value is -2.30. The molecule has 5 heteroatoms. The molecule has 4 rings (SSSR count). The summed E-state index contributed by atoms with van der Waals surface area (Å²) in [4.78, 5) is 12.9. The number of amides is 1. The van der Waals surface area contributed by atoms with Crippen LogP contribution in [0.15, 0.2) is 35.5 Å². The summed E-state index contributed by atoms with van der Waals surface area (Å²) in [5, 5.41) is 6.52. The molecule has 1 aromatic rings. The summed E-state index contributed by atoms with van der Waals surface area (Å²) in [6, 6.07) is 5.89. The molecule has 0 spiro atoms. The number of carbonyl (C=O) groups is 1. The van der Waals surface area contributed by atoms with Crippen LogP contribution in [-0.2, 0) is 4.79 Å². The monoisotopic (exact) mass is 340 g/mol. The van der Waals surface area contributed by atoms with E-state index in [0.717, 1.165) is 30.7 Å². The van der Waals surface area contributed by atoms with E-state index >= 15 is 0 Å². The van der Waals surface area contributed by atoms with Gasteiger partial charge in [-0.05, 0) is 49.8 Å². The number of fused-ring (bicyclic) bond motifs is 1. The predicted octanol–water partition coefficient (Wildman–Crippen LogP) is 3.24. The van der Waals surface area contributed by atoms with Crippen LogP contribution in [0.1, 0.15) is 31.2 Å². The molecule has 0 bridgehead atoms. The lowest BCUT2D eigenvalue weighted by atomic mass is 9.76. The van der Waals surface area contributed by atoms with E-state index in [1.54, 1.807) is 19.2 Å². The first-order chi connectivity index (χ1) is 12.2. The lowest BCUT2D eigenvalue weighted by Gasteiger charge is -2.37. The minimum absolute atomic E-state index is 0.00402. The highest BCUT2D eigenvalue weighted by Crippen LogP contribution is 2.38. The Labute approximate surface area is 148 Å². The third-order valence-electron chi connectivity index (χ3n) is 5.39. The van der Waals surface area contributed by atoms with Gasteiger partial charge in [-0.2, -0.15) is 5.10 Å². The molecule has 1 aliphatic heterocycles. The number of ether oxygens (including phenoxy) is 2. The van der Waals surface area contributed by atoms with Crippen LogP contribution in [-0.4, -0.2) is 37.4 Å². The molecule has 132 valence electrons. The zero-order valence-electron chi connectivity index (χ0n) is 14.8. The van der Waals surface area contributed by atoms with Gasteiger partial charge in [0, 0.05) is 18.0 Å². The number of hydrogen-bond acceptors (Lipinski definition) is 4. The Morgan fingerprint density at radius 3 is 2.48 bits per heavy atom. The summed E-state index contributed by atoms with van der Waals surface area (Å²) in [7, 11) is 3.27. The molecule has 0 N–H and O–H groups in total. The van der Waals surface area contributed by atoms with E-state index in [2.05, 4.69) is 12.2 Å². The molecule has 0 unspecified atom stereocenters. The number of rotatable bonds is 5. The van der Waals surface area contributed by atoms with Gasteiger partial charge >= 0.3 is 0 Å². The molecule has 1 aromatic carbocycles. The molecule has 1 fully saturated rings. The van der Waals surface area contributed by atoms with Crippen molar-refractivity contribution in [1.82, 2.24) is 5.01 Å². The van der Waals surface area contributed by atoms with Crippen LogP contribution in [0.2, 0.25) is 0 Å². The highest BCUT2D eigenvalue weighted by molar-refractivity contribution is 6.07. The second-order valence-electron chi connectivity index (χ2n) is 7.07. The fourth-order valence-electron chi connectivity index (χ4n) is 3.78. The van der Waals surface area contributed by atoms with Crippen molar-refractivity contribution in [2.45, 2.75) is 25.7 Å². The molecule has 0 radical (unpaired) electrons. The molecule has 2 atom stereocenters. The van der Waals surface area contributed by atoms with Gasteiger partial charge in [0.1, 0.15) is 0 Å². The van der Waals surface area contributed by atoms with Crippen LogP contribution in [0, 0.1) is 17.8 Å². The highest BCUT2D eigenvalue weighted by atomic mass is 16.5. The molecule has 25 heavy (non-hydrogen) atoms. The van der Waals surface area contributed by atoms with Crippen LogP contribution < -0.4 is 9.47 Å². The Bertz CT molecular complexity index is 736. The van der Waals surface area contributed by atoms with E-state index in [1.807, 2.05) is 18.2 Å². The van der Waals surface area contributed by atoms with Gasteiger partial charge in [0.2, 0.25) is 5.91 Å². The summed E-state index contributed by atoms with van der Waals surface area (Å²) in [5.41, 5.74) is 2.01. The highest BCUT2D eigenvalue weighted by Gasteiger charge is 2.41. The molecule has 0 saturated heterocycles. The van der Waals surface area contributed by atoms with Gasteiger partial charge in [0.15, 0.2) is 11.5 Å². The molecule has 2 aliphatic carbocycles. The van der Waals surface area contributed by atoms with E-state index < -0.39 is 0 Å². The van der Waals surface area contributed by atoms with E-state index in [-0.39, 0.29) is 17.7 Å². The molecule has 1 heterocycles. The lowest BCUT2D eigenvalue weighted by molar-refractivity contribution is -0.138. The number of methoxy groups -OCH3 is 2. The Morgan fingerprint density at radius 1 is 1.08 bits per heavy atom. The van der Waals surface area contributed by atoms with Crippen LogP contribution in [0.25, 0.3) is 0 Å². The smallest absolute Gasteiger partial charge is 0.246 e. The van der Waals surface area contributed by atoms with Crippen LogP contribution in [0.3, 0.4) is 0 Å².